The van der Waals surface area contributed by atoms with Crippen molar-refractivity contribution in [2.24, 2.45) is 0 Å². The van der Waals surface area contributed by atoms with Gasteiger partial charge in [0.15, 0.2) is 0 Å². The van der Waals surface area contributed by atoms with Crippen molar-refractivity contribution in [3.05, 3.63) is 52.6 Å². The summed E-state index contributed by atoms with van der Waals surface area (Å²) in [6.07, 6.45) is 0.727. The number of anilines is 1. The van der Waals surface area contributed by atoms with E-state index in [0.29, 0.717) is 4.90 Å². The first kappa shape index (κ1) is 22.7. The second kappa shape index (κ2) is 7.30. The summed E-state index contributed by atoms with van der Waals surface area (Å²) in [7, 11) is -2.07. The van der Waals surface area contributed by atoms with Gasteiger partial charge in [0, 0.05) is 17.2 Å². The first-order valence-electron chi connectivity index (χ1n) is 10.5. The number of fused-ring (bicyclic) bond motifs is 1. The van der Waals surface area contributed by atoms with Gasteiger partial charge in [0.05, 0.1) is 17.7 Å². The zero-order valence-electron chi connectivity index (χ0n) is 19.8. The summed E-state index contributed by atoms with van der Waals surface area (Å²) >= 11 is 0. The monoisotopic (exact) mass is 429 g/mol. The van der Waals surface area contributed by atoms with Crippen LogP contribution in [0.2, 0.25) is 0 Å². The molecule has 0 N–H and O–H groups in total. The van der Waals surface area contributed by atoms with Gasteiger partial charge >= 0.3 is 0 Å². The van der Waals surface area contributed by atoms with Crippen LogP contribution < -0.4 is 9.04 Å². The fraction of sp³-hybridized carbons (Fsp3) is 0.520. The average molecular weight is 430 g/mol. The minimum atomic E-state index is -3.73. The van der Waals surface area contributed by atoms with Crippen LogP contribution in [0, 0.1) is 6.92 Å². The highest BCUT2D eigenvalue weighted by molar-refractivity contribution is 7.92. The molecule has 1 atom stereocenters. The molecule has 30 heavy (non-hydrogen) atoms. The smallest absolute Gasteiger partial charge is 0.264 e. The van der Waals surface area contributed by atoms with Gasteiger partial charge in [0.25, 0.3) is 10.0 Å². The van der Waals surface area contributed by atoms with Crippen molar-refractivity contribution in [1.82, 2.24) is 0 Å². The lowest BCUT2D eigenvalue weighted by atomic mass is 9.79. The number of hydrogen-bond donors (Lipinski definition) is 0. The van der Waals surface area contributed by atoms with Crippen LogP contribution >= 0.6 is 0 Å². The third-order valence-corrected chi connectivity index (χ3v) is 7.73. The van der Waals surface area contributed by atoms with Crippen LogP contribution in [0.4, 0.5) is 5.69 Å². The zero-order chi connectivity index (χ0) is 22.6. The van der Waals surface area contributed by atoms with Gasteiger partial charge in [0.1, 0.15) is 5.75 Å². The Hall–Kier alpha value is -2.01. The molecule has 1 aliphatic rings. The zero-order valence-corrected chi connectivity index (χ0v) is 20.6. The maximum absolute atomic E-state index is 13.9. The summed E-state index contributed by atoms with van der Waals surface area (Å²) in [5.74, 6) is 0.777. The van der Waals surface area contributed by atoms with Crippen molar-refractivity contribution in [3.8, 4) is 5.75 Å². The second-order valence-corrected chi connectivity index (χ2v) is 12.4. The predicted octanol–water partition coefficient (Wildman–Crippen LogP) is 5.74. The first-order chi connectivity index (χ1) is 13.7. The number of methoxy groups -OCH3 is 1. The number of nitrogens with zero attached hydrogens (tertiary/aromatic N) is 1. The van der Waals surface area contributed by atoms with Crippen LogP contribution in [0.3, 0.4) is 0 Å². The summed E-state index contributed by atoms with van der Waals surface area (Å²) in [6, 6.07) is 9.51. The van der Waals surface area contributed by atoms with Crippen molar-refractivity contribution in [2.45, 2.75) is 83.6 Å². The van der Waals surface area contributed by atoms with Gasteiger partial charge < -0.3 is 4.74 Å². The number of hydrogen-bond acceptors (Lipinski definition) is 3. The van der Waals surface area contributed by atoms with E-state index in [1.807, 2.05) is 38.1 Å². The maximum Gasteiger partial charge on any atom is 0.264 e. The standard InChI is InChI=1S/C25H35NO3S/c1-16-10-11-22-18(12-16)13-17(2)26(22)30(27,28)19-14-20(24(3,4)5)23(29-9)21(15-19)25(6,7)8/h10-12,14-15,17H,13H2,1-9H3/t17-/m1/s1. The van der Waals surface area contributed by atoms with Gasteiger partial charge in [-0.3, -0.25) is 4.31 Å². The molecular formula is C25H35NO3S. The van der Waals surface area contributed by atoms with Crippen LogP contribution in [0.15, 0.2) is 35.2 Å². The molecule has 0 aliphatic carbocycles. The fourth-order valence-electron chi connectivity index (χ4n) is 4.30. The van der Waals surface area contributed by atoms with Crippen molar-refractivity contribution >= 4 is 15.7 Å². The Balaban J connectivity index is 2.28. The molecule has 1 aliphatic heterocycles. The number of aryl methyl sites for hydroxylation is 1. The van der Waals surface area contributed by atoms with Crippen molar-refractivity contribution in [1.29, 1.82) is 0 Å². The van der Waals surface area contributed by atoms with E-state index >= 15 is 0 Å². The largest absolute Gasteiger partial charge is 0.496 e. The molecule has 0 saturated carbocycles. The molecular weight excluding hydrogens is 394 g/mol. The Morgan fingerprint density at radius 3 is 1.97 bits per heavy atom. The van der Waals surface area contributed by atoms with E-state index in [4.69, 9.17) is 4.74 Å². The number of rotatable bonds is 3. The Kier molecular flexibility index (Phi) is 5.51. The van der Waals surface area contributed by atoms with Gasteiger partial charge in [-0.05, 0) is 54.9 Å². The van der Waals surface area contributed by atoms with Crippen LogP contribution in [0.5, 0.6) is 5.75 Å². The molecule has 0 aromatic heterocycles. The number of benzene rings is 2. The summed E-state index contributed by atoms with van der Waals surface area (Å²) < 4.78 is 35.3. The number of ether oxygens (including phenoxy) is 1. The Labute approximate surface area is 182 Å². The minimum absolute atomic E-state index is 0.120. The van der Waals surface area contributed by atoms with E-state index in [0.717, 1.165) is 40.1 Å². The van der Waals surface area contributed by atoms with E-state index in [-0.39, 0.29) is 16.9 Å². The maximum atomic E-state index is 13.9. The number of sulfonamides is 1. The van der Waals surface area contributed by atoms with Gasteiger partial charge in [-0.1, -0.05) is 59.2 Å². The average Bonchev–Trinajstić information content (AvgIpc) is 2.94. The SMILES string of the molecule is COc1c(C(C)(C)C)cc(S(=O)(=O)N2c3ccc(C)cc3C[C@H]2C)cc1C(C)(C)C. The molecule has 0 bridgehead atoms. The Bertz CT molecular complexity index is 1040. The molecule has 5 heteroatoms. The van der Waals surface area contributed by atoms with Gasteiger partial charge in [-0.2, -0.15) is 0 Å². The summed E-state index contributed by atoms with van der Waals surface area (Å²) in [6.45, 7) is 16.5. The van der Waals surface area contributed by atoms with Crippen LogP contribution in [0.25, 0.3) is 0 Å². The second-order valence-electron chi connectivity index (χ2n) is 10.5. The fourth-order valence-corrected chi connectivity index (χ4v) is 6.04. The topological polar surface area (TPSA) is 46.6 Å². The summed E-state index contributed by atoms with van der Waals surface area (Å²) in [4.78, 5) is 0.332. The predicted molar refractivity (Wildman–Crippen MR) is 124 cm³/mol. The van der Waals surface area contributed by atoms with Crippen molar-refractivity contribution < 1.29 is 13.2 Å². The van der Waals surface area contributed by atoms with E-state index in [2.05, 4.69) is 47.6 Å². The molecule has 0 radical (unpaired) electrons. The molecule has 0 spiro atoms. The normalized spacial score (nSPS) is 17.2. The molecule has 4 nitrogen and oxygen atoms in total. The lowest BCUT2D eigenvalue weighted by Crippen LogP contribution is -2.36. The molecule has 0 amide bonds. The lowest BCUT2D eigenvalue weighted by molar-refractivity contribution is 0.380. The third kappa shape index (κ3) is 3.84. The third-order valence-electron chi connectivity index (χ3n) is 5.83. The molecule has 1 heterocycles. The first-order valence-corrected chi connectivity index (χ1v) is 12.0. The highest BCUT2D eigenvalue weighted by atomic mass is 32.2. The highest BCUT2D eigenvalue weighted by Gasteiger charge is 2.38. The van der Waals surface area contributed by atoms with E-state index < -0.39 is 10.0 Å². The van der Waals surface area contributed by atoms with E-state index in [1.165, 1.54) is 0 Å². The quantitative estimate of drug-likeness (QED) is 0.625. The molecule has 3 rings (SSSR count). The molecule has 0 fully saturated rings. The van der Waals surface area contributed by atoms with Gasteiger partial charge in [-0.15, -0.1) is 0 Å². The highest BCUT2D eigenvalue weighted by Crippen LogP contribution is 2.43. The molecule has 2 aromatic carbocycles. The van der Waals surface area contributed by atoms with E-state index in [1.54, 1.807) is 11.4 Å². The Morgan fingerprint density at radius 2 is 1.50 bits per heavy atom. The van der Waals surface area contributed by atoms with Crippen molar-refractivity contribution in [3.63, 3.8) is 0 Å². The van der Waals surface area contributed by atoms with Crippen molar-refractivity contribution in [2.75, 3.05) is 11.4 Å². The lowest BCUT2D eigenvalue weighted by Gasteiger charge is -2.31. The van der Waals surface area contributed by atoms with Gasteiger partial charge in [0.2, 0.25) is 0 Å². The van der Waals surface area contributed by atoms with E-state index in [9.17, 15) is 8.42 Å². The summed E-state index contributed by atoms with van der Waals surface area (Å²) in [5.41, 5.74) is 4.32. The van der Waals surface area contributed by atoms with Crippen LogP contribution in [-0.4, -0.2) is 21.6 Å². The molecule has 0 saturated heterocycles. The molecule has 164 valence electrons. The minimum Gasteiger partial charge on any atom is -0.496 e. The van der Waals surface area contributed by atoms with Crippen LogP contribution in [-0.2, 0) is 27.3 Å². The Morgan fingerprint density at radius 1 is 0.967 bits per heavy atom. The summed E-state index contributed by atoms with van der Waals surface area (Å²) in [5, 5.41) is 0. The van der Waals surface area contributed by atoms with Crippen LogP contribution in [0.1, 0.15) is 70.7 Å². The molecule has 2 aromatic rings. The van der Waals surface area contributed by atoms with Gasteiger partial charge in [-0.25, -0.2) is 8.42 Å². The molecule has 0 unspecified atom stereocenters.